The van der Waals surface area contributed by atoms with Crippen LogP contribution in [0.4, 0.5) is 0 Å². The average Bonchev–Trinajstić information content (AvgIpc) is 2.82. The van der Waals surface area contributed by atoms with Crippen molar-refractivity contribution in [2.75, 3.05) is 6.54 Å². The Kier molecular flexibility index (Phi) is 3.09. The summed E-state index contributed by atoms with van der Waals surface area (Å²) in [7, 11) is 0. The second-order valence-electron chi connectivity index (χ2n) is 5.06. The smallest absolute Gasteiger partial charge is 0.192 e. The summed E-state index contributed by atoms with van der Waals surface area (Å²) >= 11 is 0. The van der Waals surface area contributed by atoms with E-state index in [0.29, 0.717) is 18.0 Å². The van der Waals surface area contributed by atoms with Crippen molar-refractivity contribution in [1.82, 2.24) is 14.7 Å². The minimum atomic E-state index is 0.238. The van der Waals surface area contributed by atoms with Gasteiger partial charge in [0.2, 0.25) is 0 Å². The first-order valence-corrected chi connectivity index (χ1v) is 6.13. The zero-order valence-electron chi connectivity index (χ0n) is 11.0. The topological polar surface area (TPSA) is 59.4 Å². The molecule has 2 N–H and O–H groups in total. The van der Waals surface area contributed by atoms with Crippen LogP contribution in [0.5, 0.6) is 0 Å². The maximum absolute atomic E-state index is 5.92. The molecule has 0 aliphatic carbocycles. The van der Waals surface area contributed by atoms with Gasteiger partial charge in [-0.1, -0.05) is 0 Å². The SMILES string of the molecule is CC(C)N1C(N)=NCC1c1cnn(C(C)C)c1. The molecule has 5 heteroatoms. The molecule has 0 fully saturated rings. The van der Waals surface area contributed by atoms with Gasteiger partial charge in [0.05, 0.1) is 18.8 Å². The standard InChI is InChI=1S/C12H21N5/c1-8(2)16-7-10(5-15-16)11-6-14-12(13)17(11)9(3)4/h5,7-9,11H,6H2,1-4H3,(H2,13,14). The molecule has 17 heavy (non-hydrogen) atoms. The van der Waals surface area contributed by atoms with E-state index in [1.807, 2.05) is 10.9 Å². The number of rotatable bonds is 3. The summed E-state index contributed by atoms with van der Waals surface area (Å²) in [6.45, 7) is 9.24. The van der Waals surface area contributed by atoms with E-state index in [1.54, 1.807) is 0 Å². The second-order valence-corrected chi connectivity index (χ2v) is 5.06. The largest absolute Gasteiger partial charge is 0.370 e. The van der Waals surface area contributed by atoms with Crippen LogP contribution in [0.25, 0.3) is 0 Å². The summed E-state index contributed by atoms with van der Waals surface area (Å²) < 4.78 is 1.97. The number of aromatic nitrogens is 2. The van der Waals surface area contributed by atoms with Gasteiger partial charge in [-0.25, -0.2) is 0 Å². The van der Waals surface area contributed by atoms with Gasteiger partial charge in [-0.2, -0.15) is 5.10 Å². The molecule has 0 saturated heterocycles. The Balaban J connectivity index is 2.22. The third-order valence-electron chi connectivity index (χ3n) is 3.12. The van der Waals surface area contributed by atoms with Crippen LogP contribution in [-0.2, 0) is 0 Å². The van der Waals surface area contributed by atoms with E-state index < -0.39 is 0 Å². The first-order chi connectivity index (χ1) is 8.00. The molecule has 1 aromatic heterocycles. The van der Waals surface area contributed by atoms with Crippen molar-refractivity contribution in [3.05, 3.63) is 18.0 Å². The molecule has 0 radical (unpaired) electrons. The molecule has 94 valence electrons. The number of nitrogens with two attached hydrogens (primary N) is 1. The predicted octanol–water partition coefficient (Wildman–Crippen LogP) is 1.54. The summed E-state index contributed by atoms with van der Waals surface area (Å²) in [6.07, 6.45) is 4.02. The second kappa shape index (κ2) is 4.39. The Morgan fingerprint density at radius 2 is 2.00 bits per heavy atom. The zero-order valence-corrected chi connectivity index (χ0v) is 11.0. The van der Waals surface area contributed by atoms with E-state index in [4.69, 9.17) is 5.73 Å². The lowest BCUT2D eigenvalue weighted by Gasteiger charge is -2.29. The minimum Gasteiger partial charge on any atom is -0.370 e. The maximum atomic E-state index is 5.92. The maximum Gasteiger partial charge on any atom is 0.192 e. The molecular formula is C12H21N5. The number of hydrogen-bond acceptors (Lipinski definition) is 4. The van der Waals surface area contributed by atoms with E-state index >= 15 is 0 Å². The van der Waals surface area contributed by atoms with E-state index in [0.717, 1.165) is 6.54 Å². The molecule has 0 spiro atoms. The zero-order chi connectivity index (χ0) is 12.6. The van der Waals surface area contributed by atoms with Gasteiger partial charge in [-0.05, 0) is 27.7 Å². The highest BCUT2D eigenvalue weighted by molar-refractivity contribution is 5.80. The van der Waals surface area contributed by atoms with Crippen LogP contribution in [-0.4, -0.2) is 33.2 Å². The molecule has 2 heterocycles. The van der Waals surface area contributed by atoms with Gasteiger partial charge in [0, 0.05) is 23.8 Å². The Bertz CT molecular complexity index is 418. The molecule has 1 atom stereocenters. The fourth-order valence-electron chi connectivity index (χ4n) is 2.21. The first-order valence-electron chi connectivity index (χ1n) is 6.13. The molecule has 1 aromatic rings. The van der Waals surface area contributed by atoms with Crippen LogP contribution >= 0.6 is 0 Å². The van der Waals surface area contributed by atoms with Gasteiger partial charge in [-0.3, -0.25) is 9.67 Å². The Labute approximate surface area is 102 Å². The Morgan fingerprint density at radius 1 is 1.29 bits per heavy atom. The molecule has 5 nitrogen and oxygen atoms in total. The number of hydrogen-bond donors (Lipinski definition) is 1. The Hall–Kier alpha value is -1.52. The lowest BCUT2D eigenvalue weighted by Crippen LogP contribution is -2.40. The number of aliphatic imine (C=N–C) groups is 1. The van der Waals surface area contributed by atoms with Crippen molar-refractivity contribution in [2.45, 2.75) is 45.8 Å². The van der Waals surface area contributed by atoms with Crippen LogP contribution in [0.1, 0.15) is 45.3 Å². The minimum absolute atomic E-state index is 0.238. The van der Waals surface area contributed by atoms with Crippen LogP contribution in [0.15, 0.2) is 17.4 Å². The predicted molar refractivity (Wildman–Crippen MR) is 68.8 cm³/mol. The Morgan fingerprint density at radius 3 is 2.53 bits per heavy atom. The van der Waals surface area contributed by atoms with Crippen LogP contribution < -0.4 is 5.73 Å². The molecule has 0 saturated carbocycles. The number of nitrogens with zero attached hydrogens (tertiary/aromatic N) is 4. The van der Waals surface area contributed by atoms with Crippen LogP contribution in [0, 0.1) is 0 Å². The molecule has 1 unspecified atom stereocenters. The summed E-state index contributed by atoms with van der Waals surface area (Å²) in [5.41, 5.74) is 7.11. The molecule has 1 aliphatic rings. The van der Waals surface area contributed by atoms with Gasteiger partial charge in [-0.15, -0.1) is 0 Å². The molecule has 0 bridgehead atoms. The van der Waals surface area contributed by atoms with E-state index in [2.05, 4.69) is 48.9 Å². The fourth-order valence-corrected chi connectivity index (χ4v) is 2.21. The van der Waals surface area contributed by atoms with Crippen molar-refractivity contribution in [1.29, 1.82) is 0 Å². The summed E-state index contributed by atoms with van der Waals surface area (Å²) in [6, 6.07) is 0.979. The summed E-state index contributed by atoms with van der Waals surface area (Å²) in [5, 5.41) is 4.38. The van der Waals surface area contributed by atoms with Gasteiger partial charge >= 0.3 is 0 Å². The third kappa shape index (κ3) is 2.14. The van der Waals surface area contributed by atoms with E-state index in [9.17, 15) is 0 Å². The normalized spacial score (nSPS) is 20.5. The fraction of sp³-hybridized carbons (Fsp3) is 0.667. The van der Waals surface area contributed by atoms with E-state index in [-0.39, 0.29) is 6.04 Å². The van der Waals surface area contributed by atoms with Gasteiger partial charge in [0.25, 0.3) is 0 Å². The molecule has 2 rings (SSSR count). The van der Waals surface area contributed by atoms with Gasteiger partial charge in [0.1, 0.15) is 0 Å². The van der Waals surface area contributed by atoms with E-state index in [1.165, 1.54) is 5.56 Å². The van der Waals surface area contributed by atoms with Crippen LogP contribution in [0.2, 0.25) is 0 Å². The number of guanidine groups is 1. The van der Waals surface area contributed by atoms with Crippen molar-refractivity contribution in [3.63, 3.8) is 0 Å². The highest BCUT2D eigenvalue weighted by Crippen LogP contribution is 2.27. The monoisotopic (exact) mass is 235 g/mol. The quantitative estimate of drug-likeness (QED) is 0.864. The lowest BCUT2D eigenvalue weighted by molar-refractivity contribution is 0.290. The first kappa shape index (κ1) is 12.0. The highest BCUT2D eigenvalue weighted by Gasteiger charge is 2.30. The molecule has 0 aromatic carbocycles. The molecule has 1 aliphatic heterocycles. The highest BCUT2D eigenvalue weighted by atomic mass is 15.3. The van der Waals surface area contributed by atoms with Crippen molar-refractivity contribution < 1.29 is 0 Å². The average molecular weight is 235 g/mol. The summed E-state index contributed by atoms with van der Waals surface area (Å²) in [5.74, 6) is 0.641. The molecular weight excluding hydrogens is 214 g/mol. The van der Waals surface area contributed by atoms with Gasteiger partial charge in [0.15, 0.2) is 5.96 Å². The third-order valence-corrected chi connectivity index (χ3v) is 3.12. The van der Waals surface area contributed by atoms with Crippen molar-refractivity contribution in [2.24, 2.45) is 10.7 Å². The lowest BCUT2D eigenvalue weighted by atomic mass is 10.1. The van der Waals surface area contributed by atoms with Crippen molar-refractivity contribution >= 4 is 5.96 Å². The van der Waals surface area contributed by atoms with Gasteiger partial charge < -0.3 is 10.6 Å². The van der Waals surface area contributed by atoms with Crippen LogP contribution in [0.3, 0.4) is 0 Å². The molecule has 0 amide bonds. The summed E-state index contributed by atoms with van der Waals surface area (Å²) in [4.78, 5) is 6.49. The van der Waals surface area contributed by atoms with Crippen molar-refractivity contribution in [3.8, 4) is 0 Å².